The van der Waals surface area contributed by atoms with Gasteiger partial charge in [-0.2, -0.15) is 0 Å². The van der Waals surface area contributed by atoms with Gasteiger partial charge >= 0.3 is 0 Å². The minimum Gasteiger partial charge on any atom is -0.357 e. The summed E-state index contributed by atoms with van der Waals surface area (Å²) in [6.07, 6.45) is 0. The van der Waals surface area contributed by atoms with Crippen molar-refractivity contribution >= 4 is 45.9 Å². The molecule has 2 N–H and O–H groups in total. The van der Waals surface area contributed by atoms with Gasteiger partial charge in [-0.1, -0.05) is 29.3 Å². The Bertz CT molecular complexity index is 1030. The summed E-state index contributed by atoms with van der Waals surface area (Å²) in [5, 5.41) is 4.14. The Hall–Kier alpha value is -2.24. The fourth-order valence-corrected chi connectivity index (χ4v) is 3.53. The third-order valence-electron chi connectivity index (χ3n) is 3.99. The van der Waals surface area contributed by atoms with Gasteiger partial charge in [0.15, 0.2) is 5.43 Å². The fourth-order valence-electron chi connectivity index (χ4n) is 2.62. The number of aromatic amines is 1. The molecular weight excluding hydrogens is 368 g/mol. The molecule has 0 aliphatic carbocycles. The quantitative estimate of drug-likeness (QED) is 0.669. The van der Waals surface area contributed by atoms with Crippen molar-refractivity contribution in [1.29, 1.82) is 0 Å². The lowest BCUT2D eigenvalue weighted by Gasteiger charge is -2.08. The second-order valence-corrected chi connectivity index (χ2v) is 7.61. The highest BCUT2D eigenvalue weighted by Gasteiger charge is 2.07. The average Bonchev–Trinajstić information content (AvgIpc) is 2.59. The Kier molecular flexibility index (Phi) is 5.69. The minimum atomic E-state index is -0.103. The van der Waals surface area contributed by atoms with E-state index >= 15 is 0 Å². The minimum absolute atomic E-state index is 0.00296. The fraction of sp³-hybridized carbons (Fsp3) is 0.200. The van der Waals surface area contributed by atoms with E-state index in [9.17, 15) is 9.59 Å². The first kappa shape index (κ1) is 18.5. The maximum absolute atomic E-state index is 12.2. The van der Waals surface area contributed by atoms with Crippen LogP contribution in [0, 0.1) is 13.8 Å². The number of H-pyrrole nitrogens is 1. The molecule has 0 atom stereocenters. The van der Waals surface area contributed by atoms with Gasteiger partial charge in [0.05, 0.1) is 5.75 Å². The van der Waals surface area contributed by atoms with E-state index in [2.05, 4.69) is 10.3 Å². The van der Waals surface area contributed by atoms with Crippen molar-refractivity contribution in [1.82, 2.24) is 4.98 Å². The SMILES string of the molecule is Cc1ccc2[nH]c(CSCC(=O)Nc3ccc(C)c(Cl)c3)cc(=O)c2c1. The van der Waals surface area contributed by atoms with Gasteiger partial charge in [-0.25, -0.2) is 0 Å². The van der Waals surface area contributed by atoms with Crippen LogP contribution in [0.5, 0.6) is 0 Å². The van der Waals surface area contributed by atoms with Crippen LogP contribution in [0.2, 0.25) is 5.02 Å². The number of benzene rings is 2. The van der Waals surface area contributed by atoms with Gasteiger partial charge in [0.25, 0.3) is 0 Å². The summed E-state index contributed by atoms with van der Waals surface area (Å²) < 4.78 is 0. The largest absolute Gasteiger partial charge is 0.357 e. The molecule has 0 unspecified atom stereocenters. The molecule has 1 amide bonds. The molecule has 3 aromatic rings. The molecule has 0 spiro atoms. The molecule has 0 saturated heterocycles. The number of carbonyl (C=O) groups is 1. The topological polar surface area (TPSA) is 62.0 Å². The number of fused-ring (bicyclic) bond motifs is 1. The Morgan fingerprint density at radius 1 is 1.15 bits per heavy atom. The number of hydrogen-bond acceptors (Lipinski definition) is 3. The second-order valence-electron chi connectivity index (χ2n) is 6.21. The summed E-state index contributed by atoms with van der Waals surface area (Å²) in [5.41, 5.74) is 4.32. The van der Waals surface area contributed by atoms with Crippen molar-refractivity contribution in [2.24, 2.45) is 0 Å². The van der Waals surface area contributed by atoms with E-state index in [0.29, 0.717) is 27.6 Å². The monoisotopic (exact) mass is 386 g/mol. The van der Waals surface area contributed by atoms with Gasteiger partial charge in [0.1, 0.15) is 0 Å². The number of nitrogens with one attached hydrogen (secondary N) is 2. The maximum atomic E-state index is 12.2. The van der Waals surface area contributed by atoms with Crippen LogP contribution in [0.4, 0.5) is 5.69 Å². The number of pyridine rings is 1. The van der Waals surface area contributed by atoms with Crippen molar-refractivity contribution < 1.29 is 4.79 Å². The highest BCUT2D eigenvalue weighted by atomic mass is 35.5. The number of aryl methyl sites for hydroxylation is 2. The highest BCUT2D eigenvalue weighted by molar-refractivity contribution is 7.99. The zero-order chi connectivity index (χ0) is 18.7. The van der Waals surface area contributed by atoms with E-state index in [1.165, 1.54) is 11.8 Å². The molecule has 3 rings (SSSR count). The van der Waals surface area contributed by atoms with Gasteiger partial charge in [-0.3, -0.25) is 9.59 Å². The van der Waals surface area contributed by atoms with Crippen LogP contribution in [0.1, 0.15) is 16.8 Å². The number of amides is 1. The molecule has 0 aliphatic rings. The predicted octanol–water partition coefficient (Wildman–Crippen LogP) is 4.67. The van der Waals surface area contributed by atoms with Crippen LogP contribution in [0.3, 0.4) is 0 Å². The Morgan fingerprint density at radius 2 is 1.96 bits per heavy atom. The van der Waals surface area contributed by atoms with E-state index in [1.807, 2.05) is 44.2 Å². The average molecular weight is 387 g/mol. The molecule has 2 aromatic carbocycles. The van der Waals surface area contributed by atoms with Crippen LogP contribution in [0.15, 0.2) is 47.3 Å². The van der Waals surface area contributed by atoms with E-state index in [0.717, 1.165) is 22.3 Å². The van der Waals surface area contributed by atoms with Gasteiger partial charge in [-0.05, 0) is 43.7 Å². The van der Waals surface area contributed by atoms with E-state index in [-0.39, 0.29) is 11.3 Å². The summed E-state index contributed by atoms with van der Waals surface area (Å²) in [4.78, 5) is 27.6. The number of hydrogen-bond donors (Lipinski definition) is 2. The van der Waals surface area contributed by atoms with Crippen molar-refractivity contribution in [2.45, 2.75) is 19.6 Å². The molecular formula is C20H19ClN2O2S. The van der Waals surface area contributed by atoms with Gasteiger partial charge in [-0.15, -0.1) is 11.8 Å². The van der Waals surface area contributed by atoms with Crippen molar-refractivity contribution in [3.05, 3.63) is 74.5 Å². The molecule has 0 bridgehead atoms. The lowest BCUT2D eigenvalue weighted by atomic mass is 10.1. The van der Waals surface area contributed by atoms with E-state index in [4.69, 9.17) is 11.6 Å². The van der Waals surface area contributed by atoms with Crippen molar-refractivity contribution in [3.8, 4) is 0 Å². The summed E-state index contributed by atoms with van der Waals surface area (Å²) in [6.45, 7) is 3.87. The number of anilines is 1. The summed E-state index contributed by atoms with van der Waals surface area (Å²) in [5.74, 6) is 0.745. The zero-order valence-electron chi connectivity index (χ0n) is 14.6. The molecule has 1 heterocycles. The third-order valence-corrected chi connectivity index (χ3v) is 5.38. The van der Waals surface area contributed by atoms with Gasteiger partial charge in [0.2, 0.25) is 5.91 Å². The Labute approximate surface area is 161 Å². The zero-order valence-corrected chi connectivity index (χ0v) is 16.1. The van der Waals surface area contributed by atoms with E-state index in [1.54, 1.807) is 12.1 Å². The highest BCUT2D eigenvalue weighted by Crippen LogP contribution is 2.20. The number of carbonyl (C=O) groups excluding carboxylic acids is 1. The molecule has 26 heavy (non-hydrogen) atoms. The summed E-state index contributed by atoms with van der Waals surface area (Å²) in [7, 11) is 0. The molecule has 134 valence electrons. The normalized spacial score (nSPS) is 10.9. The molecule has 6 heteroatoms. The molecule has 0 aliphatic heterocycles. The summed E-state index contributed by atoms with van der Waals surface area (Å²) in [6, 6.07) is 12.8. The number of rotatable bonds is 5. The molecule has 0 radical (unpaired) electrons. The number of thioether (sulfide) groups is 1. The first-order valence-corrected chi connectivity index (χ1v) is 9.72. The van der Waals surface area contributed by atoms with Crippen LogP contribution in [0.25, 0.3) is 10.9 Å². The molecule has 0 saturated carbocycles. The van der Waals surface area contributed by atoms with Crippen LogP contribution < -0.4 is 10.7 Å². The lowest BCUT2D eigenvalue weighted by molar-refractivity contribution is -0.113. The third kappa shape index (κ3) is 4.48. The van der Waals surface area contributed by atoms with Crippen LogP contribution in [-0.4, -0.2) is 16.6 Å². The molecule has 1 aromatic heterocycles. The first-order valence-electron chi connectivity index (χ1n) is 8.19. The Balaban J connectivity index is 1.60. The smallest absolute Gasteiger partial charge is 0.234 e. The van der Waals surface area contributed by atoms with Crippen molar-refractivity contribution in [2.75, 3.05) is 11.1 Å². The second kappa shape index (κ2) is 7.98. The predicted molar refractivity (Wildman–Crippen MR) is 110 cm³/mol. The van der Waals surface area contributed by atoms with Crippen LogP contribution in [-0.2, 0) is 10.5 Å². The Morgan fingerprint density at radius 3 is 2.73 bits per heavy atom. The maximum Gasteiger partial charge on any atom is 0.234 e. The number of aromatic nitrogens is 1. The van der Waals surface area contributed by atoms with Gasteiger partial charge in [0, 0.05) is 39.1 Å². The standard InChI is InChI=1S/C20H19ClN2O2S/c1-12-3-6-18-16(7-12)19(24)9-15(22-18)10-26-11-20(25)23-14-5-4-13(2)17(21)8-14/h3-9H,10-11H2,1-2H3,(H,22,24)(H,23,25). The number of halogens is 1. The van der Waals surface area contributed by atoms with Crippen LogP contribution >= 0.6 is 23.4 Å². The summed E-state index contributed by atoms with van der Waals surface area (Å²) >= 11 is 7.51. The molecule has 0 fully saturated rings. The lowest BCUT2D eigenvalue weighted by Crippen LogP contribution is -2.14. The molecule has 4 nitrogen and oxygen atoms in total. The van der Waals surface area contributed by atoms with E-state index < -0.39 is 0 Å². The van der Waals surface area contributed by atoms with Crippen molar-refractivity contribution in [3.63, 3.8) is 0 Å². The van der Waals surface area contributed by atoms with Gasteiger partial charge < -0.3 is 10.3 Å². The first-order chi connectivity index (χ1) is 12.4.